The number of benzene rings is 3. The quantitative estimate of drug-likeness (QED) is 0.603. The summed E-state index contributed by atoms with van der Waals surface area (Å²) >= 11 is 0. The summed E-state index contributed by atoms with van der Waals surface area (Å²) in [7, 11) is -1.14. The number of hydrogen-bond donors (Lipinski definition) is 1. The van der Waals surface area contributed by atoms with Gasteiger partial charge in [-0.05, 0) is 47.9 Å². The summed E-state index contributed by atoms with van der Waals surface area (Å²) in [6.07, 6.45) is 0.644. The minimum atomic E-state index is -3.73. The summed E-state index contributed by atoms with van der Waals surface area (Å²) in [6, 6.07) is 23.3. The predicted molar refractivity (Wildman–Crippen MR) is 112 cm³/mol. The van der Waals surface area contributed by atoms with E-state index in [-0.39, 0.29) is 10.8 Å². The minimum Gasteiger partial charge on any atom is -0.322 e. The maximum atomic E-state index is 12.8. The Morgan fingerprint density at radius 1 is 0.931 bits per heavy atom. The molecule has 150 valence electrons. The highest BCUT2D eigenvalue weighted by molar-refractivity contribution is 7.89. The second-order valence-corrected chi connectivity index (χ2v) is 8.33. The Hall–Kier alpha value is -3.00. The van der Waals surface area contributed by atoms with Crippen LogP contribution in [0.2, 0.25) is 0 Å². The zero-order valence-electron chi connectivity index (χ0n) is 16.2. The van der Waals surface area contributed by atoms with E-state index in [1.54, 1.807) is 18.2 Å². The van der Waals surface area contributed by atoms with E-state index in [2.05, 4.69) is 5.32 Å². The molecule has 3 rings (SSSR count). The second-order valence-electron chi connectivity index (χ2n) is 6.40. The SMILES string of the molecule is CON(C)S(=O)(=O)c1ccc(NC(=O)c2ccccc2Cc2ccccc2)cc1. The van der Waals surface area contributed by atoms with Crippen LogP contribution >= 0.6 is 0 Å². The van der Waals surface area contributed by atoms with Gasteiger partial charge in [-0.1, -0.05) is 53.0 Å². The third-order valence-electron chi connectivity index (χ3n) is 4.51. The molecule has 0 saturated carbocycles. The molecule has 0 aliphatic heterocycles. The number of amides is 1. The van der Waals surface area contributed by atoms with Crippen molar-refractivity contribution in [1.29, 1.82) is 0 Å². The third-order valence-corrected chi connectivity index (χ3v) is 6.20. The maximum absolute atomic E-state index is 12.8. The molecule has 0 atom stereocenters. The van der Waals surface area contributed by atoms with Gasteiger partial charge in [-0.3, -0.25) is 9.63 Å². The van der Waals surface area contributed by atoms with E-state index in [1.165, 1.54) is 26.3 Å². The molecule has 0 aliphatic carbocycles. The van der Waals surface area contributed by atoms with E-state index in [0.717, 1.165) is 15.6 Å². The first-order valence-corrected chi connectivity index (χ1v) is 10.4. The molecule has 0 unspecified atom stereocenters. The van der Waals surface area contributed by atoms with E-state index in [9.17, 15) is 13.2 Å². The number of rotatable bonds is 7. The molecule has 0 radical (unpaired) electrons. The monoisotopic (exact) mass is 410 g/mol. The number of sulfonamides is 1. The fourth-order valence-corrected chi connectivity index (χ4v) is 3.84. The van der Waals surface area contributed by atoms with Gasteiger partial charge in [0.15, 0.2) is 0 Å². The molecule has 0 saturated heterocycles. The Morgan fingerprint density at radius 2 is 1.55 bits per heavy atom. The Kier molecular flexibility index (Phi) is 6.43. The van der Waals surface area contributed by atoms with Crippen molar-refractivity contribution in [2.75, 3.05) is 19.5 Å². The smallest absolute Gasteiger partial charge is 0.264 e. The lowest BCUT2D eigenvalue weighted by molar-refractivity contribution is -0.0258. The topological polar surface area (TPSA) is 75.7 Å². The van der Waals surface area contributed by atoms with Gasteiger partial charge in [-0.2, -0.15) is 0 Å². The first-order chi connectivity index (χ1) is 13.9. The first-order valence-electron chi connectivity index (χ1n) is 8.98. The van der Waals surface area contributed by atoms with Crippen LogP contribution in [0, 0.1) is 0 Å². The number of hydroxylamine groups is 1. The van der Waals surface area contributed by atoms with E-state index in [1.807, 2.05) is 48.5 Å². The molecule has 29 heavy (non-hydrogen) atoms. The number of nitrogens with one attached hydrogen (secondary N) is 1. The van der Waals surface area contributed by atoms with Gasteiger partial charge in [0.05, 0.1) is 12.0 Å². The van der Waals surface area contributed by atoms with Crippen LogP contribution in [0.25, 0.3) is 0 Å². The standard InChI is InChI=1S/C22H22N2O4S/c1-24(28-2)29(26,27)20-14-12-19(13-15-20)23-22(25)21-11-7-6-10-18(21)16-17-8-4-3-5-9-17/h3-15H,16H2,1-2H3,(H,23,25). The number of hydrogen-bond acceptors (Lipinski definition) is 4. The van der Waals surface area contributed by atoms with Crippen molar-refractivity contribution >= 4 is 21.6 Å². The Bertz CT molecular complexity index is 1080. The van der Waals surface area contributed by atoms with Crippen molar-refractivity contribution in [3.05, 3.63) is 95.6 Å². The molecule has 3 aromatic rings. The van der Waals surface area contributed by atoms with Gasteiger partial charge in [0, 0.05) is 18.3 Å². The van der Waals surface area contributed by atoms with Crippen LogP contribution in [-0.4, -0.2) is 33.0 Å². The Labute approximate surface area is 170 Å². The zero-order chi connectivity index (χ0) is 20.9. The fraction of sp³-hybridized carbons (Fsp3) is 0.136. The number of nitrogens with zero attached hydrogens (tertiary/aromatic N) is 1. The normalized spacial score (nSPS) is 11.4. The van der Waals surface area contributed by atoms with Crippen LogP contribution < -0.4 is 5.32 Å². The van der Waals surface area contributed by atoms with E-state index in [0.29, 0.717) is 17.7 Å². The summed E-state index contributed by atoms with van der Waals surface area (Å²) in [6.45, 7) is 0. The molecule has 0 aromatic heterocycles. The Morgan fingerprint density at radius 3 is 2.21 bits per heavy atom. The maximum Gasteiger partial charge on any atom is 0.264 e. The van der Waals surface area contributed by atoms with Crippen LogP contribution in [0.1, 0.15) is 21.5 Å². The number of anilines is 1. The molecule has 0 spiro atoms. The van der Waals surface area contributed by atoms with Gasteiger partial charge in [0.1, 0.15) is 0 Å². The highest BCUT2D eigenvalue weighted by Crippen LogP contribution is 2.20. The van der Waals surface area contributed by atoms with Gasteiger partial charge in [0.2, 0.25) is 0 Å². The molecule has 0 bridgehead atoms. The fourth-order valence-electron chi connectivity index (χ4n) is 2.87. The van der Waals surface area contributed by atoms with Crippen LogP contribution in [0.4, 0.5) is 5.69 Å². The lowest BCUT2D eigenvalue weighted by Gasteiger charge is -2.14. The highest BCUT2D eigenvalue weighted by atomic mass is 32.2. The van der Waals surface area contributed by atoms with E-state index >= 15 is 0 Å². The zero-order valence-corrected chi connectivity index (χ0v) is 17.0. The second kappa shape index (κ2) is 9.00. The van der Waals surface area contributed by atoms with Crippen molar-refractivity contribution in [1.82, 2.24) is 4.47 Å². The molecular formula is C22H22N2O4S. The van der Waals surface area contributed by atoms with Gasteiger partial charge < -0.3 is 5.32 Å². The highest BCUT2D eigenvalue weighted by Gasteiger charge is 2.20. The van der Waals surface area contributed by atoms with Gasteiger partial charge >= 0.3 is 0 Å². The van der Waals surface area contributed by atoms with Crippen molar-refractivity contribution < 1.29 is 18.0 Å². The molecule has 1 amide bonds. The van der Waals surface area contributed by atoms with Crippen molar-refractivity contribution in [3.8, 4) is 0 Å². The van der Waals surface area contributed by atoms with Crippen molar-refractivity contribution in [3.63, 3.8) is 0 Å². The van der Waals surface area contributed by atoms with Crippen LogP contribution in [-0.2, 0) is 21.3 Å². The molecule has 7 heteroatoms. The molecule has 1 N–H and O–H groups in total. The first kappa shape index (κ1) is 20.7. The largest absolute Gasteiger partial charge is 0.322 e. The molecule has 0 fully saturated rings. The van der Waals surface area contributed by atoms with Gasteiger partial charge in [-0.15, -0.1) is 0 Å². The molecule has 0 heterocycles. The molecular weight excluding hydrogens is 388 g/mol. The average molecular weight is 410 g/mol. The van der Waals surface area contributed by atoms with Crippen LogP contribution in [0.5, 0.6) is 0 Å². The molecule has 3 aromatic carbocycles. The number of carbonyl (C=O) groups is 1. The third kappa shape index (κ3) is 4.89. The minimum absolute atomic E-state index is 0.0735. The average Bonchev–Trinajstić information content (AvgIpc) is 2.74. The summed E-state index contributed by atoms with van der Waals surface area (Å²) in [5, 5.41) is 2.83. The van der Waals surface area contributed by atoms with Gasteiger partial charge in [0.25, 0.3) is 15.9 Å². The van der Waals surface area contributed by atoms with Gasteiger partial charge in [-0.25, -0.2) is 8.42 Å². The number of carbonyl (C=O) groups excluding carboxylic acids is 1. The van der Waals surface area contributed by atoms with Crippen LogP contribution in [0.15, 0.2) is 83.8 Å². The van der Waals surface area contributed by atoms with Crippen molar-refractivity contribution in [2.24, 2.45) is 0 Å². The van der Waals surface area contributed by atoms with Crippen LogP contribution in [0.3, 0.4) is 0 Å². The molecule has 6 nitrogen and oxygen atoms in total. The Balaban J connectivity index is 1.78. The molecule has 0 aliphatic rings. The summed E-state index contributed by atoms with van der Waals surface area (Å²) < 4.78 is 25.3. The summed E-state index contributed by atoms with van der Waals surface area (Å²) in [4.78, 5) is 17.6. The van der Waals surface area contributed by atoms with E-state index < -0.39 is 10.0 Å². The van der Waals surface area contributed by atoms with Crippen molar-refractivity contribution in [2.45, 2.75) is 11.3 Å². The van der Waals surface area contributed by atoms with E-state index in [4.69, 9.17) is 4.84 Å². The lowest BCUT2D eigenvalue weighted by atomic mass is 9.99. The predicted octanol–water partition coefficient (Wildman–Crippen LogP) is 3.71. The lowest BCUT2D eigenvalue weighted by Crippen LogP contribution is -2.25. The summed E-state index contributed by atoms with van der Waals surface area (Å²) in [5.74, 6) is -0.249. The summed E-state index contributed by atoms with van der Waals surface area (Å²) in [5.41, 5.74) is 3.11.